The molecule has 4 aromatic rings. The summed E-state index contributed by atoms with van der Waals surface area (Å²) in [4.78, 5) is 23.2. The fraction of sp³-hybridized carbons (Fsp3) is 0.179. The van der Waals surface area contributed by atoms with Crippen molar-refractivity contribution in [3.8, 4) is 29.4 Å². The third kappa shape index (κ3) is 4.76. The number of ether oxygens (including phenoxy) is 1. The number of fused-ring (bicyclic) bond motifs is 1. The molecule has 33 heavy (non-hydrogen) atoms. The molecule has 1 aromatic heterocycles. The van der Waals surface area contributed by atoms with E-state index in [2.05, 4.69) is 49.5 Å². The number of carbonyl (C=O) groups is 1. The molecule has 0 fully saturated rings. The second-order valence-electron chi connectivity index (χ2n) is 8.19. The number of hydrogen-bond donors (Lipinski definition) is 1. The molecule has 0 aliphatic carbocycles. The van der Waals surface area contributed by atoms with Gasteiger partial charge in [0.2, 0.25) is 11.6 Å². The third-order valence-corrected chi connectivity index (χ3v) is 5.81. The molecule has 0 radical (unpaired) electrons. The Morgan fingerprint density at radius 1 is 1.06 bits per heavy atom. The number of carbonyl (C=O) groups excluding carboxylic acids is 1. The Hall–Kier alpha value is -3.62. The summed E-state index contributed by atoms with van der Waals surface area (Å²) in [5, 5.41) is 0.786. The van der Waals surface area contributed by atoms with Gasteiger partial charge in [-0.1, -0.05) is 50.1 Å². The second-order valence-corrected chi connectivity index (χ2v) is 8.68. The maximum Gasteiger partial charge on any atom is 0.231 e. The fourth-order valence-corrected chi connectivity index (χ4v) is 4.00. The van der Waals surface area contributed by atoms with Gasteiger partial charge >= 0.3 is 0 Å². The topological polar surface area (TPSA) is 52.1 Å². The minimum absolute atomic E-state index is 0.127. The van der Waals surface area contributed by atoms with E-state index in [-0.39, 0.29) is 18.2 Å². The molecular formula is C28H24N2O2S. The zero-order valence-electron chi connectivity index (χ0n) is 18.8. The van der Waals surface area contributed by atoms with Gasteiger partial charge in [-0.25, -0.2) is 9.97 Å². The van der Waals surface area contributed by atoms with Gasteiger partial charge in [0.25, 0.3) is 0 Å². The van der Waals surface area contributed by atoms with Gasteiger partial charge in [0.05, 0.1) is 11.2 Å². The van der Waals surface area contributed by atoms with Gasteiger partial charge in [0.1, 0.15) is 12.4 Å². The largest absolute Gasteiger partial charge is 0.481 e. The fourth-order valence-electron chi connectivity index (χ4n) is 3.62. The first-order chi connectivity index (χ1) is 15.9. The predicted octanol–water partition coefficient (Wildman–Crippen LogP) is 6.26. The van der Waals surface area contributed by atoms with E-state index in [1.807, 2.05) is 43.3 Å². The Morgan fingerprint density at radius 3 is 2.48 bits per heavy atom. The molecule has 0 aliphatic rings. The molecule has 3 aromatic carbocycles. The Balaban J connectivity index is 1.89. The molecule has 0 saturated heterocycles. The highest BCUT2D eigenvalue weighted by atomic mass is 32.1. The molecule has 0 bridgehead atoms. The lowest BCUT2D eigenvalue weighted by Gasteiger charge is -2.12. The lowest BCUT2D eigenvalue weighted by atomic mass is 9.99. The van der Waals surface area contributed by atoms with E-state index < -0.39 is 0 Å². The van der Waals surface area contributed by atoms with Crippen molar-refractivity contribution in [2.24, 2.45) is 0 Å². The van der Waals surface area contributed by atoms with Gasteiger partial charge in [-0.2, -0.15) is 0 Å². The van der Waals surface area contributed by atoms with Crippen LogP contribution >= 0.6 is 12.6 Å². The summed E-state index contributed by atoms with van der Waals surface area (Å²) in [6, 6.07) is 19.2. The van der Waals surface area contributed by atoms with Crippen LogP contribution in [0.2, 0.25) is 0 Å². The number of hydrogen-bond acceptors (Lipinski definition) is 5. The Bertz CT molecular complexity index is 1390. The SMILES string of the molecule is C#CCOc1ccc2nc(C(=O)c3ccc(C)cc3S)nc(-c3ccc(C(C)C)cc3)c2c1. The summed E-state index contributed by atoms with van der Waals surface area (Å²) in [6.45, 7) is 6.42. The van der Waals surface area contributed by atoms with Crippen LogP contribution in [0.3, 0.4) is 0 Å². The van der Waals surface area contributed by atoms with Gasteiger partial charge in [-0.15, -0.1) is 19.1 Å². The Morgan fingerprint density at radius 2 is 1.82 bits per heavy atom. The first kappa shape index (κ1) is 22.6. The maximum atomic E-state index is 13.3. The van der Waals surface area contributed by atoms with Gasteiger partial charge in [0.15, 0.2) is 0 Å². The zero-order valence-corrected chi connectivity index (χ0v) is 19.7. The van der Waals surface area contributed by atoms with Crippen LogP contribution in [0, 0.1) is 19.3 Å². The van der Waals surface area contributed by atoms with Crippen LogP contribution in [0.15, 0.2) is 65.6 Å². The predicted molar refractivity (Wildman–Crippen MR) is 135 cm³/mol. The van der Waals surface area contributed by atoms with Crippen LogP contribution < -0.4 is 4.74 Å². The minimum Gasteiger partial charge on any atom is -0.481 e. The summed E-state index contributed by atoms with van der Waals surface area (Å²) in [5.41, 5.74) is 4.94. The molecular weight excluding hydrogens is 428 g/mol. The first-order valence-corrected chi connectivity index (χ1v) is 11.1. The van der Waals surface area contributed by atoms with Gasteiger partial charge in [0, 0.05) is 21.4 Å². The first-order valence-electron chi connectivity index (χ1n) is 10.7. The molecule has 5 heteroatoms. The standard InChI is InChI=1S/C28H24N2O2S/c1-5-14-32-21-11-13-24-23(16-21)26(20-9-7-19(8-10-20)17(2)3)30-28(29-24)27(31)22-12-6-18(4)15-25(22)33/h1,6-13,15-17,33H,14H2,2-4H3. The van der Waals surface area contributed by atoms with E-state index in [0.29, 0.717) is 33.3 Å². The summed E-state index contributed by atoms with van der Waals surface area (Å²) in [7, 11) is 0. The highest BCUT2D eigenvalue weighted by Crippen LogP contribution is 2.31. The molecule has 0 unspecified atom stereocenters. The van der Waals surface area contributed by atoms with Crippen molar-refractivity contribution in [3.63, 3.8) is 0 Å². The van der Waals surface area contributed by atoms with Crippen LogP contribution in [0.1, 0.15) is 47.1 Å². The van der Waals surface area contributed by atoms with Crippen LogP contribution in [0.5, 0.6) is 5.75 Å². The van der Waals surface area contributed by atoms with Crippen molar-refractivity contribution >= 4 is 29.3 Å². The van der Waals surface area contributed by atoms with E-state index in [0.717, 1.165) is 16.5 Å². The van der Waals surface area contributed by atoms with Crippen molar-refractivity contribution in [1.82, 2.24) is 9.97 Å². The quantitative estimate of drug-likeness (QED) is 0.213. The normalized spacial score (nSPS) is 10.9. The number of thiol groups is 1. The lowest BCUT2D eigenvalue weighted by molar-refractivity contribution is 0.102. The van der Waals surface area contributed by atoms with Gasteiger partial charge in [-0.3, -0.25) is 4.79 Å². The van der Waals surface area contributed by atoms with E-state index in [1.54, 1.807) is 12.1 Å². The highest BCUT2D eigenvalue weighted by molar-refractivity contribution is 7.80. The van der Waals surface area contributed by atoms with Crippen molar-refractivity contribution in [1.29, 1.82) is 0 Å². The number of benzene rings is 3. The highest BCUT2D eigenvalue weighted by Gasteiger charge is 2.19. The smallest absolute Gasteiger partial charge is 0.231 e. The average Bonchev–Trinajstić information content (AvgIpc) is 2.81. The summed E-state index contributed by atoms with van der Waals surface area (Å²) >= 11 is 4.49. The Labute approximate surface area is 199 Å². The molecule has 0 atom stereocenters. The van der Waals surface area contributed by atoms with Crippen LogP contribution in [0.4, 0.5) is 0 Å². The molecule has 0 aliphatic heterocycles. The van der Waals surface area contributed by atoms with E-state index in [4.69, 9.17) is 16.1 Å². The van der Waals surface area contributed by atoms with Crippen molar-refractivity contribution in [3.05, 3.63) is 83.2 Å². The van der Waals surface area contributed by atoms with E-state index in [9.17, 15) is 4.79 Å². The van der Waals surface area contributed by atoms with Gasteiger partial charge in [-0.05, 0) is 54.3 Å². The third-order valence-electron chi connectivity index (χ3n) is 5.44. The number of terminal acetylenes is 1. The number of nitrogens with zero attached hydrogens (tertiary/aromatic N) is 2. The molecule has 4 nitrogen and oxygen atoms in total. The van der Waals surface area contributed by atoms with Crippen molar-refractivity contribution in [2.75, 3.05) is 6.61 Å². The second kappa shape index (κ2) is 9.48. The van der Waals surface area contributed by atoms with Crippen LogP contribution in [0.25, 0.3) is 22.2 Å². The van der Waals surface area contributed by atoms with Crippen LogP contribution in [-0.2, 0) is 0 Å². The zero-order chi connectivity index (χ0) is 23.5. The lowest BCUT2D eigenvalue weighted by Crippen LogP contribution is -2.10. The van der Waals surface area contributed by atoms with Gasteiger partial charge < -0.3 is 4.74 Å². The number of aromatic nitrogens is 2. The summed E-state index contributed by atoms with van der Waals surface area (Å²) < 4.78 is 5.61. The summed E-state index contributed by atoms with van der Waals surface area (Å²) in [6.07, 6.45) is 5.33. The molecule has 0 N–H and O–H groups in total. The number of rotatable bonds is 6. The molecule has 0 amide bonds. The Kier molecular flexibility index (Phi) is 6.48. The van der Waals surface area contributed by atoms with Crippen LogP contribution in [-0.4, -0.2) is 22.4 Å². The van der Waals surface area contributed by atoms with Crippen molar-refractivity contribution < 1.29 is 9.53 Å². The molecule has 0 spiro atoms. The van der Waals surface area contributed by atoms with E-state index >= 15 is 0 Å². The maximum absolute atomic E-state index is 13.3. The molecule has 1 heterocycles. The number of aryl methyl sites for hydroxylation is 1. The molecule has 4 rings (SSSR count). The monoisotopic (exact) mass is 452 g/mol. The van der Waals surface area contributed by atoms with Crippen molar-refractivity contribution in [2.45, 2.75) is 31.6 Å². The summed E-state index contributed by atoms with van der Waals surface area (Å²) in [5.74, 6) is 3.37. The van der Waals surface area contributed by atoms with E-state index in [1.165, 1.54) is 5.56 Å². The molecule has 164 valence electrons. The number of ketones is 1. The minimum atomic E-state index is -0.269. The molecule has 0 saturated carbocycles. The average molecular weight is 453 g/mol.